The second-order valence-corrected chi connectivity index (χ2v) is 11.5. The van der Waals surface area contributed by atoms with Crippen molar-refractivity contribution in [3.63, 3.8) is 0 Å². The number of fused-ring (bicyclic) bond motifs is 4. The Morgan fingerprint density at radius 2 is 1.80 bits per heavy atom. The van der Waals surface area contributed by atoms with E-state index in [2.05, 4.69) is 65.8 Å². The zero-order valence-corrected chi connectivity index (χ0v) is 20.1. The first-order valence-corrected chi connectivity index (χ1v) is 12.6. The van der Waals surface area contributed by atoms with Crippen LogP contribution in [0.1, 0.15) is 86.5 Å². The Hall–Kier alpha value is -1.37. The molecule has 164 valence electrons. The molecule has 0 saturated heterocycles. The summed E-state index contributed by atoms with van der Waals surface area (Å²) in [6.07, 6.45) is 19.9. The standard InChI is InChI=1S/C29H42O/c1-7-21(19(2)3)9-8-20(4)25-12-13-26-24-11-10-22-18-23(30)14-16-28(22,5)27(24)15-17-29(25,26)6/h8-11,18-21,25,27H,7,12-17H2,1-6H3/b9-8+/t20-,21+,25-,27+,28+,29-/m1/s1. The molecule has 4 aliphatic rings. The maximum atomic E-state index is 12.0. The fourth-order valence-electron chi connectivity index (χ4n) is 7.48. The Balaban J connectivity index is 1.63. The summed E-state index contributed by atoms with van der Waals surface area (Å²) in [5.74, 6) is 3.76. The normalized spacial score (nSPS) is 37.8. The van der Waals surface area contributed by atoms with Crippen LogP contribution in [0.2, 0.25) is 0 Å². The number of ketones is 1. The Labute approximate surface area is 184 Å². The van der Waals surface area contributed by atoms with Crippen molar-refractivity contribution in [2.45, 2.75) is 86.5 Å². The summed E-state index contributed by atoms with van der Waals surface area (Å²) in [6, 6.07) is 0. The van der Waals surface area contributed by atoms with Crippen LogP contribution in [-0.4, -0.2) is 5.78 Å². The molecular formula is C29H42O. The number of hydrogen-bond donors (Lipinski definition) is 0. The van der Waals surface area contributed by atoms with Crippen LogP contribution in [0, 0.1) is 40.4 Å². The molecule has 1 heteroatoms. The molecular weight excluding hydrogens is 364 g/mol. The van der Waals surface area contributed by atoms with Crippen LogP contribution < -0.4 is 0 Å². The average molecular weight is 407 g/mol. The van der Waals surface area contributed by atoms with E-state index in [1.165, 1.54) is 37.7 Å². The lowest BCUT2D eigenvalue weighted by Gasteiger charge is -2.51. The minimum absolute atomic E-state index is 0.168. The monoisotopic (exact) mass is 406 g/mol. The Kier molecular flexibility index (Phi) is 5.79. The van der Waals surface area contributed by atoms with Gasteiger partial charge in [-0.2, -0.15) is 0 Å². The van der Waals surface area contributed by atoms with Gasteiger partial charge in [0, 0.05) is 6.42 Å². The second kappa shape index (κ2) is 7.95. The molecule has 0 bridgehead atoms. The maximum absolute atomic E-state index is 12.0. The highest BCUT2D eigenvalue weighted by Crippen LogP contribution is 2.63. The molecule has 4 aliphatic carbocycles. The minimum Gasteiger partial charge on any atom is -0.295 e. The third-order valence-electron chi connectivity index (χ3n) is 9.59. The Bertz CT molecular complexity index is 821. The highest BCUT2D eigenvalue weighted by atomic mass is 16.1. The van der Waals surface area contributed by atoms with Crippen LogP contribution >= 0.6 is 0 Å². The fourth-order valence-corrected chi connectivity index (χ4v) is 7.48. The van der Waals surface area contributed by atoms with Crippen LogP contribution in [0.25, 0.3) is 0 Å². The van der Waals surface area contributed by atoms with E-state index in [1.807, 2.05) is 6.08 Å². The summed E-state index contributed by atoms with van der Waals surface area (Å²) in [6.45, 7) is 14.5. The van der Waals surface area contributed by atoms with Gasteiger partial charge >= 0.3 is 0 Å². The second-order valence-electron chi connectivity index (χ2n) is 11.5. The number of carbonyl (C=O) groups excluding carboxylic acids is 1. The lowest BCUT2D eigenvalue weighted by atomic mass is 9.53. The molecule has 0 aromatic heterocycles. The Morgan fingerprint density at radius 1 is 1.03 bits per heavy atom. The molecule has 1 nitrogen and oxygen atoms in total. The van der Waals surface area contributed by atoms with E-state index in [1.54, 1.807) is 11.1 Å². The summed E-state index contributed by atoms with van der Waals surface area (Å²) in [4.78, 5) is 12.0. The zero-order valence-electron chi connectivity index (χ0n) is 20.1. The van der Waals surface area contributed by atoms with Crippen LogP contribution in [0.15, 0.2) is 47.1 Å². The zero-order chi connectivity index (χ0) is 21.7. The van der Waals surface area contributed by atoms with Gasteiger partial charge in [0.1, 0.15) is 0 Å². The smallest absolute Gasteiger partial charge is 0.156 e. The fraction of sp³-hybridized carbons (Fsp3) is 0.690. The third-order valence-corrected chi connectivity index (χ3v) is 9.59. The molecule has 0 spiro atoms. The van der Waals surface area contributed by atoms with Gasteiger partial charge in [0.25, 0.3) is 0 Å². The molecule has 30 heavy (non-hydrogen) atoms. The Morgan fingerprint density at radius 3 is 2.50 bits per heavy atom. The molecule has 0 radical (unpaired) electrons. The minimum atomic E-state index is 0.168. The van der Waals surface area contributed by atoms with Gasteiger partial charge in [0.05, 0.1) is 0 Å². The first kappa shape index (κ1) is 21.8. The predicted molar refractivity (Wildman–Crippen MR) is 127 cm³/mol. The summed E-state index contributed by atoms with van der Waals surface area (Å²) < 4.78 is 0. The summed E-state index contributed by atoms with van der Waals surface area (Å²) in [5.41, 5.74) is 5.21. The van der Waals surface area contributed by atoms with Gasteiger partial charge in [-0.25, -0.2) is 0 Å². The van der Waals surface area contributed by atoms with E-state index in [9.17, 15) is 4.79 Å². The quantitative estimate of drug-likeness (QED) is 0.425. The van der Waals surface area contributed by atoms with Crippen molar-refractivity contribution in [2.75, 3.05) is 0 Å². The van der Waals surface area contributed by atoms with E-state index < -0.39 is 0 Å². The van der Waals surface area contributed by atoms with Gasteiger partial charge in [-0.3, -0.25) is 4.79 Å². The highest BCUT2D eigenvalue weighted by molar-refractivity contribution is 5.92. The molecule has 0 N–H and O–H groups in total. The van der Waals surface area contributed by atoms with Crippen LogP contribution in [0.5, 0.6) is 0 Å². The summed E-state index contributed by atoms with van der Waals surface area (Å²) >= 11 is 0. The molecule has 0 amide bonds. The molecule has 0 heterocycles. The molecule has 4 rings (SSSR count). The summed E-state index contributed by atoms with van der Waals surface area (Å²) in [7, 11) is 0. The van der Waals surface area contributed by atoms with Crippen LogP contribution in [0.4, 0.5) is 0 Å². The molecule has 1 fully saturated rings. The van der Waals surface area contributed by atoms with Gasteiger partial charge in [-0.15, -0.1) is 0 Å². The molecule has 0 unspecified atom stereocenters. The largest absolute Gasteiger partial charge is 0.295 e. The van der Waals surface area contributed by atoms with Crippen molar-refractivity contribution in [3.05, 3.63) is 47.1 Å². The van der Waals surface area contributed by atoms with E-state index in [-0.39, 0.29) is 5.41 Å². The SMILES string of the molecule is CC[C@@H](/C=C/[C@@H](C)[C@H]1CCC2=C3C=CC4=CC(=O)CC[C@]4(C)[C@H]3CC[C@@]21C)C(C)C. The van der Waals surface area contributed by atoms with E-state index in [4.69, 9.17) is 0 Å². The molecule has 0 aromatic rings. The number of carbonyl (C=O) groups is 1. The molecule has 6 atom stereocenters. The predicted octanol–water partition coefficient (Wildman–Crippen LogP) is 7.85. The first-order chi connectivity index (χ1) is 14.2. The van der Waals surface area contributed by atoms with Gasteiger partial charge in [-0.05, 0) is 96.2 Å². The van der Waals surface area contributed by atoms with Crippen LogP contribution in [-0.2, 0) is 4.79 Å². The van der Waals surface area contributed by atoms with Gasteiger partial charge in [0.15, 0.2) is 5.78 Å². The van der Waals surface area contributed by atoms with E-state index >= 15 is 0 Å². The molecule has 0 aromatic carbocycles. The molecule has 0 aliphatic heterocycles. The average Bonchev–Trinajstić information content (AvgIpc) is 3.06. The lowest BCUT2D eigenvalue weighted by molar-refractivity contribution is -0.116. The third kappa shape index (κ3) is 3.41. The maximum Gasteiger partial charge on any atom is 0.156 e. The van der Waals surface area contributed by atoms with Crippen molar-refractivity contribution in [1.82, 2.24) is 0 Å². The van der Waals surface area contributed by atoms with E-state index in [0.717, 1.165) is 24.7 Å². The topological polar surface area (TPSA) is 17.1 Å². The van der Waals surface area contributed by atoms with Crippen molar-refractivity contribution < 1.29 is 4.79 Å². The van der Waals surface area contributed by atoms with Gasteiger partial charge < -0.3 is 0 Å². The van der Waals surface area contributed by atoms with Crippen molar-refractivity contribution >= 4 is 5.78 Å². The highest BCUT2D eigenvalue weighted by Gasteiger charge is 2.53. The lowest BCUT2D eigenvalue weighted by Crippen LogP contribution is -2.41. The van der Waals surface area contributed by atoms with Gasteiger partial charge in [-0.1, -0.05) is 71.4 Å². The van der Waals surface area contributed by atoms with Crippen molar-refractivity contribution in [2.24, 2.45) is 40.4 Å². The van der Waals surface area contributed by atoms with Crippen molar-refractivity contribution in [1.29, 1.82) is 0 Å². The number of rotatable bonds is 5. The molecule has 1 saturated carbocycles. The van der Waals surface area contributed by atoms with E-state index in [0.29, 0.717) is 29.0 Å². The van der Waals surface area contributed by atoms with Crippen molar-refractivity contribution in [3.8, 4) is 0 Å². The number of hydrogen-bond acceptors (Lipinski definition) is 1. The van der Waals surface area contributed by atoms with Gasteiger partial charge in [0.2, 0.25) is 0 Å². The van der Waals surface area contributed by atoms with Crippen LogP contribution in [0.3, 0.4) is 0 Å². The summed E-state index contributed by atoms with van der Waals surface area (Å²) in [5, 5.41) is 0. The first-order valence-electron chi connectivity index (χ1n) is 12.6. The number of allylic oxidation sites excluding steroid dienone is 8.